The number of hydrogen-bond acceptors (Lipinski definition) is 3. The zero-order valence-electron chi connectivity index (χ0n) is 10.6. The summed E-state index contributed by atoms with van der Waals surface area (Å²) in [6, 6.07) is 1.83. The molecule has 98 valence electrons. The van der Waals surface area contributed by atoms with Crippen LogP contribution in [-0.4, -0.2) is 9.97 Å². The number of hydrogen-bond donors (Lipinski definition) is 0. The van der Waals surface area contributed by atoms with Crippen LogP contribution in [0.3, 0.4) is 0 Å². The molecule has 0 aliphatic heterocycles. The van der Waals surface area contributed by atoms with Crippen LogP contribution in [0.1, 0.15) is 24.9 Å². The van der Waals surface area contributed by atoms with Crippen LogP contribution in [0.5, 0.6) is 0 Å². The third-order valence-corrected chi connectivity index (χ3v) is 3.95. The molecule has 2 aromatic heterocycles. The van der Waals surface area contributed by atoms with Crippen molar-refractivity contribution in [3.63, 3.8) is 0 Å². The second kappa shape index (κ2) is 4.66. The first-order valence-corrected chi connectivity index (χ1v) is 6.81. The van der Waals surface area contributed by atoms with Crippen molar-refractivity contribution in [3.05, 3.63) is 40.0 Å². The van der Waals surface area contributed by atoms with Gasteiger partial charge in [-0.15, -0.1) is 0 Å². The van der Waals surface area contributed by atoms with Crippen molar-refractivity contribution in [3.8, 4) is 0 Å². The number of fused-ring (bicyclic) bond motifs is 1. The van der Waals surface area contributed by atoms with E-state index in [1.165, 1.54) is 0 Å². The lowest BCUT2D eigenvalue weighted by Crippen LogP contribution is -2.02. The number of aromatic nitrogens is 2. The van der Waals surface area contributed by atoms with Gasteiger partial charge in [0.25, 0.3) is 0 Å². The Morgan fingerprint density at radius 3 is 2.84 bits per heavy atom. The van der Waals surface area contributed by atoms with Gasteiger partial charge in [0.15, 0.2) is 5.82 Å². The second-order valence-electron chi connectivity index (χ2n) is 4.74. The van der Waals surface area contributed by atoms with E-state index in [1.54, 1.807) is 0 Å². The largest absolute Gasteiger partial charge is 0.443 e. The molecule has 0 saturated carbocycles. The Kier molecular flexibility index (Phi) is 3.11. The molecule has 2 heterocycles. The highest BCUT2D eigenvalue weighted by Gasteiger charge is 2.17. The van der Waals surface area contributed by atoms with Crippen molar-refractivity contribution in [2.24, 2.45) is 5.92 Å². The lowest BCUT2D eigenvalue weighted by molar-refractivity contribution is 0.566. The van der Waals surface area contributed by atoms with Gasteiger partial charge >= 0.3 is 0 Å². The SMILES string of the molecule is Cc1cc2c(Cl)nc(C3=CCC(C)C(Cl)=C3)nc2o1. The molecule has 1 atom stereocenters. The first-order valence-electron chi connectivity index (χ1n) is 6.06. The van der Waals surface area contributed by atoms with Gasteiger partial charge in [0.1, 0.15) is 10.9 Å². The van der Waals surface area contributed by atoms with Crippen LogP contribution in [0.15, 0.2) is 27.7 Å². The molecule has 0 amide bonds. The summed E-state index contributed by atoms with van der Waals surface area (Å²) >= 11 is 12.3. The lowest BCUT2D eigenvalue weighted by atomic mass is 9.98. The van der Waals surface area contributed by atoms with E-state index >= 15 is 0 Å². The minimum Gasteiger partial charge on any atom is -0.443 e. The number of nitrogens with zero attached hydrogens (tertiary/aromatic N) is 2. The Bertz CT molecular complexity index is 716. The fourth-order valence-electron chi connectivity index (χ4n) is 2.06. The quantitative estimate of drug-likeness (QED) is 0.714. The van der Waals surface area contributed by atoms with E-state index in [-0.39, 0.29) is 0 Å². The van der Waals surface area contributed by atoms with Crippen molar-refractivity contribution < 1.29 is 4.42 Å². The van der Waals surface area contributed by atoms with Crippen molar-refractivity contribution in [1.82, 2.24) is 9.97 Å². The zero-order valence-corrected chi connectivity index (χ0v) is 12.1. The molecule has 0 aromatic carbocycles. The highest BCUT2D eigenvalue weighted by molar-refractivity contribution is 6.34. The Hall–Kier alpha value is -1.32. The predicted molar refractivity (Wildman–Crippen MR) is 77.2 cm³/mol. The summed E-state index contributed by atoms with van der Waals surface area (Å²) in [7, 11) is 0. The maximum atomic E-state index is 6.18. The number of halogens is 2. The van der Waals surface area contributed by atoms with Crippen LogP contribution in [0.4, 0.5) is 0 Å². The van der Waals surface area contributed by atoms with E-state index in [0.717, 1.165) is 28.2 Å². The Labute approximate surface area is 120 Å². The van der Waals surface area contributed by atoms with Gasteiger partial charge in [0, 0.05) is 10.6 Å². The average molecular weight is 295 g/mol. The molecule has 3 rings (SSSR count). The van der Waals surface area contributed by atoms with Crippen molar-refractivity contribution >= 4 is 39.9 Å². The topological polar surface area (TPSA) is 38.9 Å². The standard InChI is InChI=1S/C14H12Cl2N2O/c1-7-3-4-9(6-11(7)15)13-17-12(16)10-5-8(2)19-14(10)18-13/h4-7H,3H2,1-2H3. The van der Waals surface area contributed by atoms with E-state index in [9.17, 15) is 0 Å². The van der Waals surface area contributed by atoms with Crippen molar-refractivity contribution in [2.45, 2.75) is 20.3 Å². The van der Waals surface area contributed by atoms with Crippen LogP contribution in [0.2, 0.25) is 5.15 Å². The molecule has 1 unspecified atom stereocenters. The summed E-state index contributed by atoms with van der Waals surface area (Å²) in [6.45, 7) is 3.94. The average Bonchev–Trinajstić information content (AvgIpc) is 2.74. The summed E-state index contributed by atoms with van der Waals surface area (Å²) in [4.78, 5) is 8.73. The van der Waals surface area contributed by atoms with Gasteiger partial charge in [-0.2, -0.15) is 4.98 Å². The van der Waals surface area contributed by atoms with Gasteiger partial charge in [-0.05, 0) is 31.4 Å². The smallest absolute Gasteiger partial charge is 0.231 e. The van der Waals surface area contributed by atoms with Crippen molar-refractivity contribution in [2.75, 3.05) is 0 Å². The fourth-order valence-corrected chi connectivity index (χ4v) is 2.48. The molecule has 0 saturated heterocycles. The number of aryl methyl sites for hydroxylation is 1. The second-order valence-corrected chi connectivity index (χ2v) is 5.53. The number of allylic oxidation sites excluding steroid dienone is 4. The maximum Gasteiger partial charge on any atom is 0.231 e. The van der Waals surface area contributed by atoms with E-state index < -0.39 is 0 Å². The minimum atomic E-state index is 0.343. The molecular formula is C14H12Cl2N2O. The van der Waals surface area contributed by atoms with E-state index in [2.05, 4.69) is 23.0 Å². The summed E-state index contributed by atoms with van der Waals surface area (Å²) in [5.74, 6) is 1.66. The van der Waals surface area contributed by atoms with Gasteiger partial charge < -0.3 is 4.42 Å². The minimum absolute atomic E-state index is 0.343. The first kappa shape index (κ1) is 12.7. The molecule has 0 fully saturated rings. The lowest BCUT2D eigenvalue weighted by Gasteiger charge is -2.14. The van der Waals surface area contributed by atoms with Crippen LogP contribution in [0, 0.1) is 12.8 Å². The summed E-state index contributed by atoms with van der Waals surface area (Å²) < 4.78 is 5.51. The number of furan rings is 1. The molecule has 3 nitrogen and oxygen atoms in total. The van der Waals surface area contributed by atoms with E-state index in [4.69, 9.17) is 27.6 Å². The molecule has 5 heteroatoms. The van der Waals surface area contributed by atoms with E-state index in [1.807, 2.05) is 19.1 Å². The molecule has 2 aromatic rings. The van der Waals surface area contributed by atoms with E-state index in [0.29, 0.717) is 22.6 Å². The molecule has 1 aliphatic carbocycles. The third-order valence-electron chi connectivity index (χ3n) is 3.18. The Balaban J connectivity index is 2.11. The van der Waals surface area contributed by atoms with Gasteiger partial charge in [0.05, 0.1) is 5.39 Å². The van der Waals surface area contributed by atoms with Crippen LogP contribution in [0.25, 0.3) is 16.7 Å². The Morgan fingerprint density at radius 1 is 1.32 bits per heavy atom. The van der Waals surface area contributed by atoms with Gasteiger partial charge in [0.2, 0.25) is 5.71 Å². The predicted octanol–water partition coefficient (Wildman–Crippen LogP) is 4.73. The zero-order chi connectivity index (χ0) is 13.6. The Morgan fingerprint density at radius 2 is 2.11 bits per heavy atom. The monoisotopic (exact) mass is 294 g/mol. The highest BCUT2D eigenvalue weighted by atomic mass is 35.5. The highest BCUT2D eigenvalue weighted by Crippen LogP contribution is 2.32. The third kappa shape index (κ3) is 2.28. The summed E-state index contributed by atoms with van der Waals surface area (Å²) in [6.07, 6.45) is 4.84. The molecular weight excluding hydrogens is 283 g/mol. The van der Waals surface area contributed by atoms with Crippen LogP contribution in [-0.2, 0) is 0 Å². The molecule has 1 aliphatic rings. The maximum absolute atomic E-state index is 6.18. The first-order chi connectivity index (χ1) is 9.04. The molecule has 0 bridgehead atoms. The fraction of sp³-hybridized carbons (Fsp3) is 0.286. The molecule has 0 N–H and O–H groups in total. The summed E-state index contributed by atoms with van der Waals surface area (Å²) in [5.41, 5.74) is 1.40. The van der Waals surface area contributed by atoms with Gasteiger partial charge in [-0.1, -0.05) is 36.2 Å². The van der Waals surface area contributed by atoms with Crippen LogP contribution >= 0.6 is 23.2 Å². The van der Waals surface area contributed by atoms with Crippen molar-refractivity contribution in [1.29, 1.82) is 0 Å². The molecule has 0 spiro atoms. The number of rotatable bonds is 1. The molecule has 19 heavy (non-hydrogen) atoms. The molecule has 0 radical (unpaired) electrons. The summed E-state index contributed by atoms with van der Waals surface area (Å²) in [5, 5.41) is 1.96. The van der Waals surface area contributed by atoms with Gasteiger partial charge in [-0.3, -0.25) is 0 Å². The normalized spacial score (nSPS) is 19.5. The van der Waals surface area contributed by atoms with Crippen LogP contribution < -0.4 is 0 Å². The van der Waals surface area contributed by atoms with Gasteiger partial charge in [-0.25, -0.2) is 4.98 Å².